The molecule has 0 fully saturated rings. The Balaban J connectivity index is 1.96. The number of allylic oxidation sites excluding steroid dienone is 5. The van der Waals surface area contributed by atoms with Crippen molar-refractivity contribution in [2.75, 3.05) is 14.2 Å². The van der Waals surface area contributed by atoms with Gasteiger partial charge >= 0.3 is 0 Å². The summed E-state index contributed by atoms with van der Waals surface area (Å²) >= 11 is 2.40. The Hall–Kier alpha value is -2.34. The first-order valence-corrected chi connectivity index (χ1v) is 9.33. The quantitative estimate of drug-likeness (QED) is 0.614. The lowest BCUT2D eigenvalue weighted by Gasteiger charge is -2.29. The highest BCUT2D eigenvalue weighted by Crippen LogP contribution is 2.56. The maximum absolute atomic E-state index is 11.8. The number of halogens is 1. The summed E-state index contributed by atoms with van der Waals surface area (Å²) in [7, 11) is 3.33. The summed E-state index contributed by atoms with van der Waals surface area (Å²) in [6.07, 6.45) is 7.31. The number of carbonyl (C=O) groups is 1. The Bertz CT molecular complexity index is 965. The summed E-state index contributed by atoms with van der Waals surface area (Å²) in [6.45, 7) is 0. The van der Waals surface area contributed by atoms with Gasteiger partial charge < -0.3 is 9.47 Å². The van der Waals surface area contributed by atoms with E-state index < -0.39 is 5.41 Å². The Kier molecular flexibility index (Phi) is 4.23. The molecule has 4 rings (SSSR count). The molecule has 130 valence electrons. The first kappa shape index (κ1) is 17.1. The van der Waals surface area contributed by atoms with E-state index in [2.05, 4.69) is 46.9 Å². The number of carbonyl (C=O) groups excluding carboxylic acids is 1. The van der Waals surface area contributed by atoms with Crippen LogP contribution in [0.5, 0.6) is 11.5 Å². The lowest BCUT2D eigenvalue weighted by molar-refractivity contribution is -0.110. The van der Waals surface area contributed by atoms with E-state index in [1.165, 1.54) is 14.7 Å². The van der Waals surface area contributed by atoms with Gasteiger partial charge in [-0.25, -0.2) is 0 Å². The minimum absolute atomic E-state index is 0.0102. The molecule has 26 heavy (non-hydrogen) atoms. The molecular formula is C22H17IO3. The molecule has 3 nitrogen and oxygen atoms in total. The molecule has 0 radical (unpaired) electrons. The van der Waals surface area contributed by atoms with Crippen molar-refractivity contribution in [2.45, 2.75) is 5.41 Å². The molecule has 2 aromatic rings. The number of ether oxygens (including phenoxy) is 2. The second-order valence-electron chi connectivity index (χ2n) is 6.27. The standard InChI is InChI=1S/C22H17IO3/c1-25-16-5-3-14(4-6-16)20-21(23)18-8-7-17(26-2)13-19(18)22(20)11-9-15(24)10-12-22/h3-13H,1-2H3. The smallest absolute Gasteiger partial charge is 0.178 e. The average Bonchev–Trinajstić information content (AvgIpc) is 2.92. The van der Waals surface area contributed by atoms with Gasteiger partial charge in [-0.3, -0.25) is 4.79 Å². The van der Waals surface area contributed by atoms with Crippen molar-refractivity contribution < 1.29 is 14.3 Å². The van der Waals surface area contributed by atoms with E-state index in [9.17, 15) is 4.79 Å². The molecule has 0 saturated heterocycles. The Morgan fingerprint density at radius 3 is 2.12 bits per heavy atom. The van der Waals surface area contributed by atoms with E-state index in [0.717, 1.165) is 22.6 Å². The number of rotatable bonds is 3. The second-order valence-corrected chi connectivity index (χ2v) is 7.35. The monoisotopic (exact) mass is 456 g/mol. The largest absolute Gasteiger partial charge is 0.497 e. The van der Waals surface area contributed by atoms with Crippen molar-refractivity contribution in [3.05, 3.63) is 83.5 Å². The fourth-order valence-electron chi connectivity index (χ4n) is 3.64. The summed E-state index contributed by atoms with van der Waals surface area (Å²) in [4.78, 5) is 11.8. The highest BCUT2D eigenvalue weighted by Gasteiger charge is 2.43. The van der Waals surface area contributed by atoms with Gasteiger partial charge in [0.2, 0.25) is 0 Å². The fourth-order valence-corrected chi connectivity index (χ4v) is 4.87. The van der Waals surface area contributed by atoms with Crippen molar-refractivity contribution in [2.24, 2.45) is 0 Å². The molecule has 0 N–H and O–H groups in total. The molecule has 0 amide bonds. The highest BCUT2D eigenvalue weighted by molar-refractivity contribution is 14.1. The van der Waals surface area contributed by atoms with Gasteiger partial charge in [0.1, 0.15) is 11.5 Å². The highest BCUT2D eigenvalue weighted by atomic mass is 127. The van der Waals surface area contributed by atoms with E-state index >= 15 is 0 Å². The van der Waals surface area contributed by atoms with E-state index in [0.29, 0.717) is 0 Å². The topological polar surface area (TPSA) is 35.5 Å². The van der Waals surface area contributed by atoms with Crippen LogP contribution in [0.2, 0.25) is 0 Å². The fraction of sp³-hybridized carbons (Fsp3) is 0.136. The van der Waals surface area contributed by atoms with Gasteiger partial charge in [0.25, 0.3) is 0 Å². The summed E-state index contributed by atoms with van der Waals surface area (Å²) in [5.41, 5.74) is 4.11. The SMILES string of the molecule is COc1ccc(C2=C(I)c3ccc(OC)cc3C23C=CC(=O)C=C3)cc1. The van der Waals surface area contributed by atoms with Gasteiger partial charge in [-0.05, 0) is 87.3 Å². The first-order chi connectivity index (χ1) is 12.6. The van der Waals surface area contributed by atoms with Crippen LogP contribution in [0.3, 0.4) is 0 Å². The molecule has 2 aromatic carbocycles. The van der Waals surface area contributed by atoms with Crippen molar-refractivity contribution in [1.29, 1.82) is 0 Å². The molecule has 0 atom stereocenters. The van der Waals surface area contributed by atoms with Gasteiger partial charge in [-0.1, -0.05) is 24.3 Å². The van der Waals surface area contributed by atoms with Crippen LogP contribution in [-0.4, -0.2) is 20.0 Å². The van der Waals surface area contributed by atoms with E-state index in [1.807, 2.05) is 30.4 Å². The minimum Gasteiger partial charge on any atom is -0.497 e. The van der Waals surface area contributed by atoms with Crippen molar-refractivity contribution >= 4 is 37.5 Å². The molecule has 0 unspecified atom stereocenters. The van der Waals surface area contributed by atoms with Crippen LogP contribution in [0.4, 0.5) is 0 Å². The van der Waals surface area contributed by atoms with Gasteiger partial charge in [0.15, 0.2) is 5.78 Å². The van der Waals surface area contributed by atoms with Crippen molar-refractivity contribution in [3.63, 3.8) is 0 Å². The Morgan fingerprint density at radius 2 is 1.50 bits per heavy atom. The maximum Gasteiger partial charge on any atom is 0.178 e. The molecule has 4 heteroatoms. The zero-order valence-corrected chi connectivity index (χ0v) is 16.6. The summed E-state index contributed by atoms with van der Waals surface area (Å²) in [6, 6.07) is 14.2. The van der Waals surface area contributed by atoms with Gasteiger partial charge in [0.05, 0.1) is 19.6 Å². The van der Waals surface area contributed by atoms with Gasteiger partial charge in [0, 0.05) is 3.58 Å². The molecule has 0 heterocycles. The molecule has 0 aliphatic heterocycles. The van der Waals surface area contributed by atoms with Crippen LogP contribution in [-0.2, 0) is 10.2 Å². The maximum atomic E-state index is 11.8. The lowest BCUT2D eigenvalue weighted by atomic mass is 9.72. The van der Waals surface area contributed by atoms with E-state index in [-0.39, 0.29) is 5.78 Å². The van der Waals surface area contributed by atoms with Crippen LogP contribution in [0.1, 0.15) is 16.7 Å². The summed E-state index contributed by atoms with van der Waals surface area (Å²) in [5, 5.41) is 0. The summed E-state index contributed by atoms with van der Waals surface area (Å²) < 4.78 is 11.9. The van der Waals surface area contributed by atoms with Gasteiger partial charge in [-0.2, -0.15) is 0 Å². The third kappa shape index (κ3) is 2.51. The molecule has 0 saturated carbocycles. The first-order valence-electron chi connectivity index (χ1n) is 8.25. The third-order valence-electron chi connectivity index (χ3n) is 4.94. The van der Waals surface area contributed by atoms with Crippen LogP contribution >= 0.6 is 22.6 Å². The van der Waals surface area contributed by atoms with Crippen LogP contribution < -0.4 is 9.47 Å². The predicted molar refractivity (Wildman–Crippen MR) is 112 cm³/mol. The zero-order chi connectivity index (χ0) is 18.3. The third-order valence-corrected chi connectivity index (χ3v) is 6.06. The number of benzene rings is 2. The van der Waals surface area contributed by atoms with Crippen LogP contribution in [0.15, 0.2) is 66.8 Å². The van der Waals surface area contributed by atoms with Crippen LogP contribution in [0, 0.1) is 0 Å². The van der Waals surface area contributed by atoms with Crippen LogP contribution in [0.25, 0.3) is 9.15 Å². The number of fused-ring (bicyclic) bond motifs is 2. The number of methoxy groups -OCH3 is 2. The molecule has 0 bridgehead atoms. The van der Waals surface area contributed by atoms with Crippen molar-refractivity contribution in [1.82, 2.24) is 0 Å². The van der Waals surface area contributed by atoms with E-state index in [1.54, 1.807) is 26.4 Å². The zero-order valence-electron chi connectivity index (χ0n) is 14.5. The number of hydrogen-bond donors (Lipinski definition) is 0. The number of hydrogen-bond acceptors (Lipinski definition) is 3. The van der Waals surface area contributed by atoms with E-state index in [4.69, 9.17) is 9.47 Å². The predicted octanol–water partition coefficient (Wildman–Crippen LogP) is 4.95. The number of ketones is 1. The molecule has 1 spiro atoms. The average molecular weight is 456 g/mol. The molecule has 2 aliphatic carbocycles. The Morgan fingerprint density at radius 1 is 0.885 bits per heavy atom. The minimum atomic E-state index is -0.469. The molecule has 0 aromatic heterocycles. The Labute approximate surface area is 166 Å². The molecule has 2 aliphatic rings. The summed E-state index contributed by atoms with van der Waals surface area (Å²) in [5.74, 6) is 1.64. The molecular weight excluding hydrogens is 439 g/mol. The lowest BCUT2D eigenvalue weighted by Crippen LogP contribution is -2.23. The normalized spacial score (nSPS) is 17.0. The van der Waals surface area contributed by atoms with Crippen molar-refractivity contribution in [3.8, 4) is 11.5 Å². The van der Waals surface area contributed by atoms with Gasteiger partial charge in [-0.15, -0.1) is 0 Å². The second kappa shape index (κ2) is 6.43.